The van der Waals surface area contributed by atoms with Gasteiger partial charge in [-0.25, -0.2) is 4.63 Å². The standard InChI is InChI=1S/C12H16N4O2/c13-9-5-6-10(12-11(9)15-18-16-12)14-7-1-3-8(17)4-2-7/h5-8,14,17H,1-4,13H2. The molecule has 1 aromatic carbocycles. The fourth-order valence-corrected chi connectivity index (χ4v) is 2.44. The lowest BCUT2D eigenvalue weighted by molar-refractivity contribution is 0.126. The second-order valence-electron chi connectivity index (χ2n) is 4.81. The molecule has 4 N–H and O–H groups in total. The minimum atomic E-state index is -0.150. The van der Waals surface area contributed by atoms with E-state index in [-0.39, 0.29) is 6.10 Å². The van der Waals surface area contributed by atoms with Gasteiger partial charge in [-0.2, -0.15) is 0 Å². The summed E-state index contributed by atoms with van der Waals surface area (Å²) in [7, 11) is 0. The van der Waals surface area contributed by atoms with Gasteiger partial charge in [-0.05, 0) is 48.1 Å². The number of fused-ring (bicyclic) bond motifs is 1. The minimum Gasteiger partial charge on any atom is -0.397 e. The highest BCUT2D eigenvalue weighted by Gasteiger charge is 2.20. The molecule has 6 heteroatoms. The fraction of sp³-hybridized carbons (Fsp3) is 0.500. The predicted molar refractivity (Wildman–Crippen MR) is 68.1 cm³/mol. The van der Waals surface area contributed by atoms with Crippen molar-refractivity contribution >= 4 is 22.4 Å². The molecule has 0 unspecified atom stereocenters. The van der Waals surface area contributed by atoms with Gasteiger partial charge in [-0.3, -0.25) is 0 Å². The number of aliphatic hydroxyl groups excluding tert-OH is 1. The number of hydrogen-bond acceptors (Lipinski definition) is 6. The van der Waals surface area contributed by atoms with E-state index >= 15 is 0 Å². The lowest BCUT2D eigenvalue weighted by Crippen LogP contribution is -2.28. The number of benzene rings is 1. The second-order valence-corrected chi connectivity index (χ2v) is 4.81. The summed E-state index contributed by atoms with van der Waals surface area (Å²) in [5, 5.41) is 20.6. The molecule has 0 amide bonds. The van der Waals surface area contributed by atoms with Crippen LogP contribution in [0.4, 0.5) is 11.4 Å². The number of nitrogens with zero attached hydrogens (tertiary/aromatic N) is 2. The van der Waals surface area contributed by atoms with Crippen LogP contribution in [0.3, 0.4) is 0 Å². The molecule has 1 aromatic heterocycles. The zero-order chi connectivity index (χ0) is 12.5. The first kappa shape index (κ1) is 11.3. The van der Waals surface area contributed by atoms with Crippen LogP contribution in [0.15, 0.2) is 16.8 Å². The van der Waals surface area contributed by atoms with Crippen molar-refractivity contribution < 1.29 is 9.74 Å². The molecule has 1 heterocycles. The van der Waals surface area contributed by atoms with Crippen LogP contribution in [-0.4, -0.2) is 27.6 Å². The Balaban J connectivity index is 1.82. The van der Waals surface area contributed by atoms with Crippen LogP contribution < -0.4 is 11.1 Å². The smallest absolute Gasteiger partial charge is 0.160 e. The van der Waals surface area contributed by atoms with E-state index in [1.54, 1.807) is 6.07 Å². The Kier molecular flexibility index (Phi) is 2.79. The topological polar surface area (TPSA) is 97.2 Å². The van der Waals surface area contributed by atoms with Crippen LogP contribution in [0, 0.1) is 0 Å². The van der Waals surface area contributed by atoms with Crippen LogP contribution in [0.2, 0.25) is 0 Å². The molecule has 18 heavy (non-hydrogen) atoms. The van der Waals surface area contributed by atoms with E-state index in [0.29, 0.717) is 22.8 Å². The van der Waals surface area contributed by atoms with E-state index in [1.807, 2.05) is 6.07 Å². The molecule has 2 aromatic rings. The van der Waals surface area contributed by atoms with Crippen molar-refractivity contribution in [3.05, 3.63) is 12.1 Å². The van der Waals surface area contributed by atoms with Gasteiger partial charge >= 0.3 is 0 Å². The first-order chi connectivity index (χ1) is 8.74. The Bertz CT molecular complexity index is 546. The number of nitrogen functional groups attached to an aromatic ring is 1. The van der Waals surface area contributed by atoms with Crippen LogP contribution in [-0.2, 0) is 0 Å². The number of aromatic nitrogens is 2. The average Bonchev–Trinajstić information content (AvgIpc) is 2.86. The summed E-state index contributed by atoms with van der Waals surface area (Å²) in [6, 6.07) is 4.05. The Hall–Kier alpha value is -1.82. The molecule has 0 saturated heterocycles. The van der Waals surface area contributed by atoms with Gasteiger partial charge in [-0.15, -0.1) is 0 Å². The summed E-state index contributed by atoms with van der Waals surface area (Å²) >= 11 is 0. The third kappa shape index (κ3) is 1.99. The first-order valence-electron chi connectivity index (χ1n) is 6.19. The van der Waals surface area contributed by atoms with Crippen molar-refractivity contribution in [1.82, 2.24) is 10.3 Å². The lowest BCUT2D eigenvalue weighted by Gasteiger charge is -2.27. The van der Waals surface area contributed by atoms with Crippen LogP contribution in [0.1, 0.15) is 25.7 Å². The first-order valence-corrected chi connectivity index (χ1v) is 6.19. The van der Waals surface area contributed by atoms with E-state index in [1.165, 1.54) is 0 Å². The molecule has 0 bridgehead atoms. The van der Waals surface area contributed by atoms with Crippen molar-refractivity contribution in [2.75, 3.05) is 11.1 Å². The number of nitrogens with one attached hydrogen (secondary N) is 1. The number of rotatable bonds is 2. The van der Waals surface area contributed by atoms with Gasteiger partial charge in [0.25, 0.3) is 0 Å². The molecule has 96 valence electrons. The summed E-state index contributed by atoms with van der Waals surface area (Å²) in [6.07, 6.45) is 3.44. The fourth-order valence-electron chi connectivity index (χ4n) is 2.44. The number of aliphatic hydroxyl groups is 1. The van der Waals surface area contributed by atoms with Gasteiger partial charge in [0.2, 0.25) is 0 Å². The van der Waals surface area contributed by atoms with Crippen molar-refractivity contribution in [3.8, 4) is 0 Å². The van der Waals surface area contributed by atoms with Gasteiger partial charge in [0.1, 0.15) is 0 Å². The zero-order valence-electron chi connectivity index (χ0n) is 9.97. The predicted octanol–water partition coefficient (Wildman–Crippen LogP) is 1.52. The highest BCUT2D eigenvalue weighted by molar-refractivity contribution is 5.95. The van der Waals surface area contributed by atoms with E-state index in [4.69, 9.17) is 10.4 Å². The maximum Gasteiger partial charge on any atom is 0.160 e. The highest BCUT2D eigenvalue weighted by Crippen LogP contribution is 2.28. The summed E-state index contributed by atoms with van der Waals surface area (Å²) in [4.78, 5) is 0. The SMILES string of the molecule is Nc1ccc(NC2CCC(O)CC2)c2nonc12. The van der Waals surface area contributed by atoms with Crippen LogP contribution in [0.25, 0.3) is 11.0 Å². The molecule has 0 aliphatic heterocycles. The van der Waals surface area contributed by atoms with E-state index in [0.717, 1.165) is 31.4 Å². The number of hydrogen-bond donors (Lipinski definition) is 3. The number of nitrogens with two attached hydrogens (primary N) is 1. The summed E-state index contributed by atoms with van der Waals surface area (Å²) < 4.78 is 4.73. The molecule has 0 radical (unpaired) electrons. The summed E-state index contributed by atoms with van der Waals surface area (Å²) in [5.41, 5.74) is 8.51. The maximum absolute atomic E-state index is 9.49. The van der Waals surface area contributed by atoms with Gasteiger partial charge in [0.05, 0.1) is 17.5 Å². The quantitative estimate of drug-likeness (QED) is 0.697. The zero-order valence-corrected chi connectivity index (χ0v) is 9.97. The molecule has 1 fully saturated rings. The molecule has 0 atom stereocenters. The van der Waals surface area contributed by atoms with Gasteiger partial charge < -0.3 is 16.2 Å². The van der Waals surface area contributed by atoms with E-state index in [9.17, 15) is 5.11 Å². The molecule has 0 spiro atoms. The van der Waals surface area contributed by atoms with Gasteiger partial charge in [0, 0.05) is 6.04 Å². The van der Waals surface area contributed by atoms with E-state index in [2.05, 4.69) is 15.6 Å². The van der Waals surface area contributed by atoms with Crippen LogP contribution >= 0.6 is 0 Å². The molecule has 1 saturated carbocycles. The van der Waals surface area contributed by atoms with Gasteiger partial charge in [0.15, 0.2) is 11.0 Å². The largest absolute Gasteiger partial charge is 0.397 e. The summed E-state index contributed by atoms with van der Waals surface area (Å²) in [5.74, 6) is 0. The molecule has 6 nitrogen and oxygen atoms in total. The monoisotopic (exact) mass is 248 g/mol. The minimum absolute atomic E-state index is 0.150. The Morgan fingerprint density at radius 1 is 1.17 bits per heavy atom. The molecule has 3 rings (SSSR count). The Labute approximate surface area is 104 Å². The molecular weight excluding hydrogens is 232 g/mol. The highest BCUT2D eigenvalue weighted by atomic mass is 16.6. The third-order valence-corrected chi connectivity index (χ3v) is 3.50. The normalized spacial score (nSPS) is 24.3. The second kappa shape index (κ2) is 4.45. The average molecular weight is 248 g/mol. The summed E-state index contributed by atoms with van der Waals surface area (Å²) in [6.45, 7) is 0. The third-order valence-electron chi connectivity index (χ3n) is 3.50. The van der Waals surface area contributed by atoms with E-state index < -0.39 is 0 Å². The Morgan fingerprint density at radius 2 is 1.89 bits per heavy atom. The Morgan fingerprint density at radius 3 is 2.67 bits per heavy atom. The maximum atomic E-state index is 9.49. The van der Waals surface area contributed by atoms with Crippen molar-refractivity contribution in [1.29, 1.82) is 0 Å². The molecule has 1 aliphatic carbocycles. The van der Waals surface area contributed by atoms with Crippen LogP contribution in [0.5, 0.6) is 0 Å². The lowest BCUT2D eigenvalue weighted by atomic mass is 9.93. The number of anilines is 2. The molecule has 1 aliphatic rings. The van der Waals surface area contributed by atoms with Crippen molar-refractivity contribution in [3.63, 3.8) is 0 Å². The van der Waals surface area contributed by atoms with Crippen molar-refractivity contribution in [2.24, 2.45) is 0 Å². The van der Waals surface area contributed by atoms with Gasteiger partial charge in [-0.1, -0.05) is 0 Å². The van der Waals surface area contributed by atoms with Crippen molar-refractivity contribution in [2.45, 2.75) is 37.8 Å². The molecular formula is C12H16N4O2.